The molecule has 0 aromatic heterocycles. The molecule has 19 heavy (non-hydrogen) atoms. The van der Waals surface area contributed by atoms with Crippen molar-refractivity contribution >= 4 is 10.8 Å². The summed E-state index contributed by atoms with van der Waals surface area (Å²) >= 11 is 0. The Morgan fingerprint density at radius 2 is 2.00 bits per heavy atom. The van der Waals surface area contributed by atoms with Crippen LogP contribution in [0.15, 0.2) is 29.2 Å². The van der Waals surface area contributed by atoms with Gasteiger partial charge in [0.2, 0.25) is 0 Å². The number of benzene rings is 1. The number of methoxy groups -OCH3 is 1. The predicted octanol–water partition coefficient (Wildman–Crippen LogP) is 2.83. The molecule has 1 aromatic carbocycles. The standard InChI is InChI=1S/C15H25NO2S/c1-5-12(3)13(16-6-2)11-19(17)15-10-8-7-9-14(15)18-4/h7-10,12-13,16H,5-6,11H2,1-4H3. The first-order valence-corrected chi connectivity index (χ1v) is 8.20. The summed E-state index contributed by atoms with van der Waals surface area (Å²) in [5.74, 6) is 1.85. The smallest absolute Gasteiger partial charge is 0.134 e. The van der Waals surface area contributed by atoms with Crippen molar-refractivity contribution < 1.29 is 8.95 Å². The highest BCUT2D eigenvalue weighted by Crippen LogP contribution is 2.23. The fourth-order valence-corrected chi connectivity index (χ4v) is 3.59. The van der Waals surface area contributed by atoms with Crippen LogP contribution in [0.1, 0.15) is 27.2 Å². The third kappa shape index (κ3) is 4.62. The van der Waals surface area contributed by atoms with Gasteiger partial charge in [-0.25, -0.2) is 0 Å². The summed E-state index contributed by atoms with van der Waals surface area (Å²) in [4.78, 5) is 0.788. The van der Waals surface area contributed by atoms with Crippen LogP contribution < -0.4 is 10.1 Å². The van der Waals surface area contributed by atoms with E-state index >= 15 is 0 Å². The van der Waals surface area contributed by atoms with Crippen LogP contribution in [0.2, 0.25) is 0 Å². The topological polar surface area (TPSA) is 38.3 Å². The quantitative estimate of drug-likeness (QED) is 0.797. The van der Waals surface area contributed by atoms with E-state index in [2.05, 4.69) is 26.1 Å². The molecule has 108 valence electrons. The maximum atomic E-state index is 12.5. The van der Waals surface area contributed by atoms with Gasteiger partial charge in [0.05, 0.1) is 22.8 Å². The van der Waals surface area contributed by atoms with Crippen molar-refractivity contribution in [3.63, 3.8) is 0 Å². The molecule has 3 atom stereocenters. The van der Waals surface area contributed by atoms with Gasteiger partial charge in [-0.05, 0) is 24.6 Å². The number of para-hydroxylation sites is 1. The van der Waals surface area contributed by atoms with E-state index in [1.165, 1.54) is 0 Å². The fraction of sp³-hybridized carbons (Fsp3) is 0.600. The lowest BCUT2D eigenvalue weighted by molar-refractivity contribution is 0.397. The van der Waals surface area contributed by atoms with Gasteiger partial charge >= 0.3 is 0 Å². The van der Waals surface area contributed by atoms with E-state index in [9.17, 15) is 4.21 Å². The van der Waals surface area contributed by atoms with Crippen LogP contribution in [-0.2, 0) is 10.8 Å². The number of hydrogen-bond donors (Lipinski definition) is 1. The Kier molecular flexibility index (Phi) is 7.10. The van der Waals surface area contributed by atoms with Gasteiger partial charge in [-0.2, -0.15) is 0 Å². The molecule has 0 fully saturated rings. The first-order chi connectivity index (χ1) is 9.13. The van der Waals surface area contributed by atoms with Crippen molar-refractivity contribution in [3.05, 3.63) is 24.3 Å². The molecule has 1 aromatic rings. The van der Waals surface area contributed by atoms with Gasteiger partial charge in [0, 0.05) is 11.8 Å². The lowest BCUT2D eigenvalue weighted by Crippen LogP contribution is -2.39. The Balaban J connectivity index is 2.81. The van der Waals surface area contributed by atoms with Crippen molar-refractivity contribution in [2.45, 2.75) is 38.1 Å². The maximum absolute atomic E-state index is 12.5. The molecule has 0 radical (unpaired) electrons. The average molecular weight is 283 g/mol. The first kappa shape index (κ1) is 16.2. The van der Waals surface area contributed by atoms with Crippen LogP contribution >= 0.6 is 0 Å². The highest BCUT2D eigenvalue weighted by atomic mass is 32.2. The first-order valence-electron chi connectivity index (χ1n) is 6.88. The summed E-state index contributed by atoms with van der Waals surface area (Å²) in [6.07, 6.45) is 1.08. The highest BCUT2D eigenvalue weighted by molar-refractivity contribution is 7.85. The molecule has 0 spiro atoms. The maximum Gasteiger partial charge on any atom is 0.134 e. The Morgan fingerprint density at radius 3 is 2.58 bits per heavy atom. The van der Waals surface area contributed by atoms with Crippen molar-refractivity contribution in [3.8, 4) is 5.75 Å². The van der Waals surface area contributed by atoms with Gasteiger partial charge < -0.3 is 10.1 Å². The summed E-state index contributed by atoms with van der Waals surface area (Å²) in [5, 5.41) is 3.44. The van der Waals surface area contributed by atoms with Gasteiger partial charge in [-0.3, -0.25) is 4.21 Å². The molecule has 1 rings (SSSR count). The SMILES string of the molecule is CCNC(CS(=O)c1ccccc1OC)C(C)CC. The monoisotopic (exact) mass is 283 g/mol. The summed E-state index contributed by atoms with van der Waals surface area (Å²) in [5.41, 5.74) is 0. The van der Waals surface area contributed by atoms with E-state index in [1.54, 1.807) is 7.11 Å². The second-order valence-corrected chi connectivity index (χ2v) is 6.18. The third-order valence-electron chi connectivity index (χ3n) is 3.44. The van der Waals surface area contributed by atoms with E-state index in [-0.39, 0.29) is 6.04 Å². The molecule has 0 bridgehead atoms. The van der Waals surface area contributed by atoms with Crippen molar-refractivity contribution in [2.24, 2.45) is 5.92 Å². The molecule has 0 aliphatic rings. The number of rotatable bonds is 8. The Labute approximate surface area is 119 Å². The molecule has 0 heterocycles. The molecule has 3 nitrogen and oxygen atoms in total. The number of ether oxygens (including phenoxy) is 1. The molecule has 3 unspecified atom stereocenters. The third-order valence-corrected chi connectivity index (χ3v) is 4.93. The highest BCUT2D eigenvalue weighted by Gasteiger charge is 2.20. The van der Waals surface area contributed by atoms with Crippen molar-refractivity contribution in [1.82, 2.24) is 5.32 Å². The summed E-state index contributed by atoms with van der Waals surface area (Å²) < 4.78 is 17.8. The van der Waals surface area contributed by atoms with Crippen LogP contribution in [0.4, 0.5) is 0 Å². The Bertz CT molecular complexity index is 409. The summed E-state index contributed by atoms with van der Waals surface area (Å²) in [7, 11) is 0.581. The van der Waals surface area contributed by atoms with E-state index in [1.807, 2.05) is 24.3 Å². The van der Waals surface area contributed by atoms with E-state index in [0.717, 1.165) is 17.9 Å². The minimum absolute atomic E-state index is 0.278. The van der Waals surface area contributed by atoms with Crippen LogP contribution in [0.3, 0.4) is 0 Å². The zero-order chi connectivity index (χ0) is 14.3. The molecular formula is C15H25NO2S. The molecule has 1 N–H and O–H groups in total. The van der Waals surface area contributed by atoms with Crippen molar-refractivity contribution in [1.29, 1.82) is 0 Å². The fourth-order valence-electron chi connectivity index (χ4n) is 2.03. The zero-order valence-corrected chi connectivity index (χ0v) is 13.1. The molecule has 0 saturated carbocycles. The van der Waals surface area contributed by atoms with Crippen LogP contribution in [-0.4, -0.2) is 29.7 Å². The molecule has 4 heteroatoms. The predicted molar refractivity (Wildman–Crippen MR) is 81.2 cm³/mol. The zero-order valence-electron chi connectivity index (χ0n) is 12.3. The van der Waals surface area contributed by atoms with Crippen molar-refractivity contribution in [2.75, 3.05) is 19.4 Å². The van der Waals surface area contributed by atoms with Crippen LogP contribution in [0, 0.1) is 5.92 Å². The summed E-state index contributed by atoms with van der Waals surface area (Å²) in [6, 6.07) is 7.82. The largest absolute Gasteiger partial charge is 0.495 e. The molecule has 0 aliphatic heterocycles. The van der Waals surface area contributed by atoms with Gasteiger partial charge in [-0.15, -0.1) is 0 Å². The average Bonchev–Trinajstić information content (AvgIpc) is 2.45. The van der Waals surface area contributed by atoms with E-state index < -0.39 is 10.8 Å². The lowest BCUT2D eigenvalue weighted by Gasteiger charge is -2.23. The lowest BCUT2D eigenvalue weighted by atomic mass is 10.0. The second kappa shape index (κ2) is 8.33. The number of hydrogen-bond acceptors (Lipinski definition) is 3. The molecular weight excluding hydrogens is 258 g/mol. The normalized spacial score (nSPS) is 15.8. The number of nitrogens with one attached hydrogen (secondary N) is 1. The Morgan fingerprint density at radius 1 is 1.32 bits per heavy atom. The van der Waals surface area contributed by atoms with Gasteiger partial charge in [-0.1, -0.05) is 39.3 Å². The molecule has 0 saturated heterocycles. The van der Waals surface area contributed by atoms with Gasteiger partial charge in [0.1, 0.15) is 5.75 Å². The second-order valence-electron chi connectivity index (χ2n) is 4.71. The Hall–Kier alpha value is -0.870. The van der Waals surface area contributed by atoms with Gasteiger partial charge in [0.15, 0.2) is 0 Å². The van der Waals surface area contributed by atoms with Crippen LogP contribution in [0.5, 0.6) is 5.75 Å². The van der Waals surface area contributed by atoms with E-state index in [4.69, 9.17) is 4.74 Å². The minimum atomic E-state index is -1.04. The summed E-state index contributed by atoms with van der Waals surface area (Å²) in [6.45, 7) is 7.35. The molecule has 0 aliphatic carbocycles. The van der Waals surface area contributed by atoms with Gasteiger partial charge in [0.25, 0.3) is 0 Å². The van der Waals surface area contributed by atoms with E-state index in [0.29, 0.717) is 17.4 Å². The minimum Gasteiger partial charge on any atom is -0.495 e. The van der Waals surface area contributed by atoms with Crippen LogP contribution in [0.25, 0.3) is 0 Å². The molecule has 0 amide bonds.